The number of aliphatic hydroxyl groups is 1. The summed E-state index contributed by atoms with van der Waals surface area (Å²) in [4.78, 5) is 0. The maximum atomic E-state index is 9.96. The van der Waals surface area contributed by atoms with Crippen LogP contribution in [0.15, 0.2) is 63.7 Å². The quantitative estimate of drug-likeness (QED) is 0.747. The molecule has 0 radical (unpaired) electrons. The van der Waals surface area contributed by atoms with E-state index in [1.165, 1.54) is 5.39 Å². The van der Waals surface area contributed by atoms with Gasteiger partial charge in [0.25, 0.3) is 0 Å². The smallest absolute Gasteiger partial charge is 0.134 e. The Morgan fingerprint density at radius 1 is 1.10 bits per heavy atom. The van der Waals surface area contributed by atoms with Crippen molar-refractivity contribution in [1.82, 2.24) is 0 Å². The van der Waals surface area contributed by atoms with Crippen molar-refractivity contribution in [1.29, 1.82) is 0 Å². The van der Waals surface area contributed by atoms with Crippen LogP contribution in [0.3, 0.4) is 0 Å². The van der Waals surface area contributed by atoms with Crippen molar-refractivity contribution in [2.24, 2.45) is 0 Å². The Morgan fingerprint density at radius 3 is 2.70 bits per heavy atom. The van der Waals surface area contributed by atoms with Gasteiger partial charge < -0.3 is 14.8 Å². The highest BCUT2D eigenvalue weighted by molar-refractivity contribution is 9.10. The fourth-order valence-electron chi connectivity index (χ4n) is 2.12. The number of anilines is 1. The van der Waals surface area contributed by atoms with Gasteiger partial charge in [-0.2, -0.15) is 0 Å². The molecule has 2 N–H and O–H groups in total. The standard InChI is InChI=1S/C16H14BrNO2/c17-13-5-3-12-9-14(6-4-11(12)8-13)18-10-15(19)16-2-1-7-20-16/h1-9,15,18-19H,10H2. The lowest BCUT2D eigenvalue weighted by Gasteiger charge is -2.11. The van der Waals surface area contributed by atoms with Crippen molar-refractivity contribution in [3.05, 3.63) is 65.0 Å². The molecule has 0 aliphatic carbocycles. The van der Waals surface area contributed by atoms with E-state index in [2.05, 4.69) is 45.5 Å². The van der Waals surface area contributed by atoms with E-state index in [1.807, 2.05) is 12.1 Å². The molecule has 1 atom stereocenters. The van der Waals surface area contributed by atoms with E-state index in [1.54, 1.807) is 18.4 Å². The Hall–Kier alpha value is -1.78. The lowest BCUT2D eigenvalue weighted by Crippen LogP contribution is -2.11. The van der Waals surface area contributed by atoms with Crippen molar-refractivity contribution in [2.75, 3.05) is 11.9 Å². The van der Waals surface area contributed by atoms with Crippen LogP contribution in [0, 0.1) is 0 Å². The molecule has 1 heterocycles. The van der Waals surface area contributed by atoms with Crippen molar-refractivity contribution >= 4 is 32.4 Å². The van der Waals surface area contributed by atoms with E-state index >= 15 is 0 Å². The summed E-state index contributed by atoms with van der Waals surface area (Å²) in [6.07, 6.45) is 0.914. The van der Waals surface area contributed by atoms with Gasteiger partial charge in [-0.1, -0.05) is 28.1 Å². The van der Waals surface area contributed by atoms with Crippen molar-refractivity contribution < 1.29 is 9.52 Å². The summed E-state index contributed by atoms with van der Waals surface area (Å²) in [6.45, 7) is 0.412. The van der Waals surface area contributed by atoms with Gasteiger partial charge >= 0.3 is 0 Å². The predicted molar refractivity (Wildman–Crippen MR) is 83.8 cm³/mol. The summed E-state index contributed by atoms with van der Waals surface area (Å²) in [5, 5.41) is 15.5. The zero-order valence-corrected chi connectivity index (χ0v) is 12.3. The second kappa shape index (κ2) is 5.69. The number of hydrogen-bond donors (Lipinski definition) is 2. The van der Waals surface area contributed by atoms with Gasteiger partial charge in [0.2, 0.25) is 0 Å². The molecular weight excluding hydrogens is 318 g/mol. The van der Waals surface area contributed by atoms with E-state index in [-0.39, 0.29) is 0 Å². The molecule has 0 saturated heterocycles. The number of fused-ring (bicyclic) bond motifs is 1. The molecule has 3 nitrogen and oxygen atoms in total. The number of hydrogen-bond acceptors (Lipinski definition) is 3. The molecule has 102 valence electrons. The van der Waals surface area contributed by atoms with E-state index in [0.717, 1.165) is 15.5 Å². The molecule has 2 aromatic carbocycles. The van der Waals surface area contributed by atoms with Gasteiger partial charge in [-0.3, -0.25) is 0 Å². The minimum Gasteiger partial charge on any atom is -0.467 e. The Kier molecular flexibility index (Phi) is 3.76. The van der Waals surface area contributed by atoms with Crippen LogP contribution in [0.1, 0.15) is 11.9 Å². The molecule has 0 aliphatic heterocycles. The van der Waals surface area contributed by atoms with Crippen LogP contribution in [-0.4, -0.2) is 11.7 Å². The van der Waals surface area contributed by atoms with Crippen LogP contribution in [0.5, 0.6) is 0 Å². The average Bonchev–Trinajstić information content (AvgIpc) is 2.99. The number of aliphatic hydroxyl groups excluding tert-OH is 1. The first-order chi connectivity index (χ1) is 9.72. The van der Waals surface area contributed by atoms with E-state index in [4.69, 9.17) is 4.42 Å². The second-order valence-electron chi connectivity index (χ2n) is 4.62. The maximum absolute atomic E-state index is 9.96. The number of furan rings is 1. The maximum Gasteiger partial charge on any atom is 0.134 e. The third kappa shape index (κ3) is 2.86. The summed E-state index contributed by atoms with van der Waals surface area (Å²) in [7, 11) is 0. The van der Waals surface area contributed by atoms with Gasteiger partial charge in [0.05, 0.1) is 6.26 Å². The number of halogens is 1. The minimum absolute atomic E-state index is 0.412. The molecule has 0 bridgehead atoms. The monoisotopic (exact) mass is 331 g/mol. The number of rotatable bonds is 4. The average molecular weight is 332 g/mol. The predicted octanol–water partition coefficient (Wildman–Crippen LogP) is 4.34. The van der Waals surface area contributed by atoms with Gasteiger partial charge in [0.1, 0.15) is 11.9 Å². The summed E-state index contributed by atoms with van der Waals surface area (Å²) < 4.78 is 6.24. The molecule has 3 aromatic rings. The Morgan fingerprint density at radius 2 is 1.90 bits per heavy atom. The van der Waals surface area contributed by atoms with Gasteiger partial charge in [-0.25, -0.2) is 0 Å². The lowest BCUT2D eigenvalue weighted by molar-refractivity contribution is 0.162. The Bertz CT molecular complexity index is 710. The first-order valence-corrected chi connectivity index (χ1v) is 7.16. The van der Waals surface area contributed by atoms with Gasteiger partial charge in [-0.15, -0.1) is 0 Å². The zero-order chi connectivity index (χ0) is 13.9. The molecule has 3 rings (SSSR count). The van der Waals surface area contributed by atoms with Crippen molar-refractivity contribution in [3.63, 3.8) is 0 Å². The van der Waals surface area contributed by atoms with Crippen molar-refractivity contribution in [2.45, 2.75) is 6.10 Å². The molecule has 20 heavy (non-hydrogen) atoms. The first kappa shape index (κ1) is 13.2. The Balaban J connectivity index is 1.73. The molecule has 0 spiro atoms. The highest BCUT2D eigenvalue weighted by Gasteiger charge is 2.09. The van der Waals surface area contributed by atoms with Crippen LogP contribution < -0.4 is 5.32 Å². The summed E-state index contributed by atoms with van der Waals surface area (Å²) in [6, 6.07) is 15.8. The SMILES string of the molecule is OC(CNc1ccc2cc(Br)ccc2c1)c1ccco1. The summed E-state index contributed by atoms with van der Waals surface area (Å²) in [5.74, 6) is 0.571. The van der Waals surface area contributed by atoms with Crippen LogP contribution in [0.4, 0.5) is 5.69 Å². The highest BCUT2D eigenvalue weighted by atomic mass is 79.9. The lowest BCUT2D eigenvalue weighted by atomic mass is 10.1. The summed E-state index contributed by atoms with van der Waals surface area (Å²) in [5.41, 5.74) is 0.977. The second-order valence-corrected chi connectivity index (χ2v) is 5.53. The van der Waals surface area contributed by atoms with Crippen molar-refractivity contribution in [3.8, 4) is 0 Å². The largest absolute Gasteiger partial charge is 0.467 e. The molecule has 1 aromatic heterocycles. The van der Waals surface area contributed by atoms with Crippen LogP contribution in [-0.2, 0) is 0 Å². The highest BCUT2D eigenvalue weighted by Crippen LogP contribution is 2.23. The fourth-order valence-corrected chi connectivity index (χ4v) is 2.50. The van der Waals surface area contributed by atoms with E-state index < -0.39 is 6.10 Å². The van der Waals surface area contributed by atoms with Gasteiger partial charge in [0.15, 0.2) is 0 Å². The summed E-state index contributed by atoms with van der Waals surface area (Å²) >= 11 is 3.46. The Labute approximate surface area is 125 Å². The van der Waals surface area contributed by atoms with Crippen LogP contribution in [0.2, 0.25) is 0 Å². The molecule has 0 saturated carbocycles. The molecule has 4 heteroatoms. The molecule has 1 unspecified atom stereocenters. The van der Waals surface area contributed by atoms with Gasteiger partial charge in [0, 0.05) is 16.7 Å². The van der Waals surface area contributed by atoms with E-state index in [0.29, 0.717) is 12.3 Å². The van der Waals surface area contributed by atoms with Gasteiger partial charge in [-0.05, 0) is 47.2 Å². The fraction of sp³-hybridized carbons (Fsp3) is 0.125. The molecule has 0 aliphatic rings. The molecular formula is C16H14BrNO2. The minimum atomic E-state index is -0.648. The molecule has 0 fully saturated rings. The van der Waals surface area contributed by atoms with E-state index in [9.17, 15) is 5.11 Å². The van der Waals surface area contributed by atoms with Crippen LogP contribution in [0.25, 0.3) is 10.8 Å². The number of nitrogens with one attached hydrogen (secondary N) is 1. The third-order valence-electron chi connectivity index (χ3n) is 3.17. The first-order valence-electron chi connectivity index (χ1n) is 6.37. The topological polar surface area (TPSA) is 45.4 Å². The number of benzene rings is 2. The molecule has 0 amide bonds. The third-order valence-corrected chi connectivity index (χ3v) is 3.67. The van der Waals surface area contributed by atoms with Crippen LogP contribution >= 0.6 is 15.9 Å². The normalized spacial score (nSPS) is 12.5. The zero-order valence-electron chi connectivity index (χ0n) is 10.7.